The third-order valence-electron chi connectivity index (χ3n) is 2.11. The molecule has 15 heavy (non-hydrogen) atoms. The van der Waals surface area contributed by atoms with Crippen LogP contribution in [0.25, 0.3) is 0 Å². The number of thioether (sulfide) groups is 1. The minimum absolute atomic E-state index is 0.226. The zero-order chi connectivity index (χ0) is 11.3. The molecule has 0 bridgehead atoms. The molecule has 0 saturated carbocycles. The monoisotopic (exact) mass is 247 g/mol. The SMILES string of the molecule is CC(CN)CSCc1c(F)cccc1Cl. The molecule has 84 valence electrons. The predicted octanol–water partition coefficient (Wildman–Crippen LogP) is 3.31. The van der Waals surface area contributed by atoms with Crippen molar-refractivity contribution < 1.29 is 4.39 Å². The summed E-state index contributed by atoms with van der Waals surface area (Å²) in [6, 6.07) is 4.77. The third-order valence-corrected chi connectivity index (χ3v) is 3.76. The van der Waals surface area contributed by atoms with Gasteiger partial charge in [0.25, 0.3) is 0 Å². The minimum Gasteiger partial charge on any atom is -0.330 e. The number of benzene rings is 1. The van der Waals surface area contributed by atoms with E-state index in [2.05, 4.69) is 6.92 Å². The molecule has 0 fully saturated rings. The van der Waals surface area contributed by atoms with E-state index in [9.17, 15) is 4.39 Å². The van der Waals surface area contributed by atoms with E-state index >= 15 is 0 Å². The number of nitrogens with two attached hydrogens (primary N) is 1. The molecule has 0 aliphatic heterocycles. The Kier molecular flexibility index (Phi) is 5.43. The number of rotatable bonds is 5. The molecular formula is C11H15ClFNS. The van der Waals surface area contributed by atoms with Crippen LogP contribution in [0, 0.1) is 11.7 Å². The van der Waals surface area contributed by atoms with Crippen molar-refractivity contribution in [2.45, 2.75) is 12.7 Å². The third kappa shape index (κ3) is 4.01. The summed E-state index contributed by atoms with van der Waals surface area (Å²) in [5, 5.41) is 0.503. The maximum atomic E-state index is 13.3. The molecule has 1 unspecified atom stereocenters. The second-order valence-corrected chi connectivity index (χ2v) is 4.99. The lowest BCUT2D eigenvalue weighted by Gasteiger charge is -2.09. The summed E-state index contributed by atoms with van der Waals surface area (Å²) in [5.41, 5.74) is 6.09. The first-order valence-corrected chi connectivity index (χ1v) is 6.39. The number of hydrogen-bond donors (Lipinski definition) is 1. The number of hydrogen-bond acceptors (Lipinski definition) is 2. The highest BCUT2D eigenvalue weighted by Gasteiger charge is 2.07. The van der Waals surface area contributed by atoms with Gasteiger partial charge in [-0.3, -0.25) is 0 Å². The van der Waals surface area contributed by atoms with Crippen molar-refractivity contribution in [3.8, 4) is 0 Å². The summed E-state index contributed by atoms with van der Waals surface area (Å²) in [6.07, 6.45) is 0. The Labute approximate surface area is 99.2 Å². The zero-order valence-corrected chi connectivity index (χ0v) is 10.2. The lowest BCUT2D eigenvalue weighted by Crippen LogP contribution is -2.12. The predicted molar refractivity (Wildman–Crippen MR) is 65.8 cm³/mol. The van der Waals surface area contributed by atoms with E-state index < -0.39 is 0 Å². The molecule has 0 saturated heterocycles. The molecule has 0 aromatic heterocycles. The Bertz CT molecular complexity index is 299. The standard InChI is InChI=1S/C11H15ClFNS/c1-8(5-14)6-15-7-9-10(12)3-2-4-11(9)13/h2-4,8H,5-7,14H2,1H3. The van der Waals surface area contributed by atoms with Gasteiger partial charge < -0.3 is 5.73 Å². The molecule has 1 aromatic carbocycles. The summed E-state index contributed by atoms with van der Waals surface area (Å²) < 4.78 is 13.3. The van der Waals surface area contributed by atoms with Gasteiger partial charge in [0.1, 0.15) is 5.82 Å². The minimum atomic E-state index is -0.226. The van der Waals surface area contributed by atoms with E-state index in [0.29, 0.717) is 28.8 Å². The molecular weight excluding hydrogens is 233 g/mol. The van der Waals surface area contributed by atoms with E-state index in [1.165, 1.54) is 6.07 Å². The molecule has 0 aliphatic carbocycles. The second-order valence-electron chi connectivity index (χ2n) is 3.56. The van der Waals surface area contributed by atoms with E-state index in [1.54, 1.807) is 23.9 Å². The first kappa shape index (κ1) is 12.8. The lowest BCUT2D eigenvalue weighted by molar-refractivity contribution is 0.617. The molecule has 0 heterocycles. The molecule has 0 spiro atoms. The summed E-state index contributed by atoms with van der Waals surface area (Å²) in [4.78, 5) is 0. The lowest BCUT2D eigenvalue weighted by atomic mass is 10.2. The second kappa shape index (κ2) is 6.36. The van der Waals surface area contributed by atoms with Crippen LogP contribution >= 0.6 is 23.4 Å². The highest BCUT2D eigenvalue weighted by molar-refractivity contribution is 7.98. The molecule has 4 heteroatoms. The van der Waals surface area contributed by atoms with Gasteiger partial charge >= 0.3 is 0 Å². The fraction of sp³-hybridized carbons (Fsp3) is 0.455. The van der Waals surface area contributed by atoms with Gasteiger partial charge in [0.15, 0.2) is 0 Å². The fourth-order valence-corrected chi connectivity index (χ4v) is 2.56. The largest absolute Gasteiger partial charge is 0.330 e. The van der Waals surface area contributed by atoms with Crippen molar-refractivity contribution in [1.29, 1.82) is 0 Å². The Morgan fingerprint density at radius 1 is 1.53 bits per heavy atom. The normalized spacial score (nSPS) is 12.8. The first-order valence-electron chi connectivity index (χ1n) is 4.85. The van der Waals surface area contributed by atoms with Crippen LogP contribution in [-0.4, -0.2) is 12.3 Å². The van der Waals surface area contributed by atoms with Crippen LogP contribution < -0.4 is 5.73 Å². The van der Waals surface area contributed by atoms with E-state index in [-0.39, 0.29) is 5.82 Å². The van der Waals surface area contributed by atoms with Gasteiger partial charge in [-0.2, -0.15) is 11.8 Å². The highest BCUT2D eigenvalue weighted by atomic mass is 35.5. The van der Waals surface area contributed by atoms with Crippen LogP contribution in [0.3, 0.4) is 0 Å². The van der Waals surface area contributed by atoms with Crippen molar-refractivity contribution in [2.24, 2.45) is 11.7 Å². The summed E-state index contributed by atoms with van der Waals surface area (Å²) in [6.45, 7) is 2.74. The maximum absolute atomic E-state index is 13.3. The van der Waals surface area contributed by atoms with Gasteiger partial charge in [-0.05, 0) is 30.3 Å². The fourth-order valence-electron chi connectivity index (χ4n) is 1.10. The van der Waals surface area contributed by atoms with Gasteiger partial charge in [0, 0.05) is 16.3 Å². The summed E-state index contributed by atoms with van der Waals surface area (Å²) in [5.74, 6) is 1.77. The van der Waals surface area contributed by atoms with E-state index in [4.69, 9.17) is 17.3 Å². The molecule has 1 nitrogen and oxygen atoms in total. The van der Waals surface area contributed by atoms with E-state index in [0.717, 1.165) is 5.75 Å². The van der Waals surface area contributed by atoms with E-state index in [1.807, 2.05) is 0 Å². The van der Waals surface area contributed by atoms with Crippen LogP contribution in [0.2, 0.25) is 5.02 Å². The average molecular weight is 248 g/mol. The van der Waals surface area contributed by atoms with Crippen molar-refractivity contribution in [3.05, 3.63) is 34.6 Å². The van der Waals surface area contributed by atoms with Crippen LogP contribution in [0.5, 0.6) is 0 Å². The average Bonchev–Trinajstić information content (AvgIpc) is 2.22. The van der Waals surface area contributed by atoms with Crippen molar-refractivity contribution >= 4 is 23.4 Å². The Balaban J connectivity index is 2.50. The Morgan fingerprint density at radius 3 is 2.87 bits per heavy atom. The quantitative estimate of drug-likeness (QED) is 0.864. The van der Waals surface area contributed by atoms with Crippen LogP contribution in [0.4, 0.5) is 4.39 Å². The molecule has 1 aromatic rings. The van der Waals surface area contributed by atoms with Gasteiger partial charge in [0.2, 0.25) is 0 Å². The zero-order valence-electron chi connectivity index (χ0n) is 8.67. The first-order chi connectivity index (χ1) is 7.15. The van der Waals surface area contributed by atoms with Crippen molar-refractivity contribution in [1.82, 2.24) is 0 Å². The molecule has 1 atom stereocenters. The van der Waals surface area contributed by atoms with Crippen LogP contribution in [-0.2, 0) is 5.75 Å². The Morgan fingerprint density at radius 2 is 2.27 bits per heavy atom. The molecule has 2 N–H and O–H groups in total. The van der Waals surface area contributed by atoms with Gasteiger partial charge in [-0.25, -0.2) is 4.39 Å². The van der Waals surface area contributed by atoms with Gasteiger partial charge in [0.05, 0.1) is 0 Å². The molecule has 0 aliphatic rings. The van der Waals surface area contributed by atoms with Crippen LogP contribution in [0.15, 0.2) is 18.2 Å². The Hall–Kier alpha value is -0.250. The summed E-state index contributed by atoms with van der Waals surface area (Å²) >= 11 is 7.56. The smallest absolute Gasteiger partial charge is 0.128 e. The topological polar surface area (TPSA) is 26.0 Å². The molecule has 0 amide bonds. The molecule has 1 rings (SSSR count). The van der Waals surface area contributed by atoms with Crippen molar-refractivity contribution in [3.63, 3.8) is 0 Å². The maximum Gasteiger partial charge on any atom is 0.128 e. The van der Waals surface area contributed by atoms with Crippen LogP contribution in [0.1, 0.15) is 12.5 Å². The summed E-state index contributed by atoms with van der Waals surface area (Å²) in [7, 11) is 0. The van der Waals surface area contributed by atoms with Crippen molar-refractivity contribution in [2.75, 3.05) is 12.3 Å². The van der Waals surface area contributed by atoms with Gasteiger partial charge in [-0.1, -0.05) is 24.6 Å². The highest BCUT2D eigenvalue weighted by Crippen LogP contribution is 2.24. The molecule has 0 radical (unpaired) electrons. The number of halogens is 2. The van der Waals surface area contributed by atoms with Gasteiger partial charge in [-0.15, -0.1) is 0 Å².